The van der Waals surface area contributed by atoms with E-state index in [1.165, 1.54) is 0 Å². The molecule has 2 aromatic rings. The molecule has 0 aliphatic rings. The molecule has 4 heteroatoms. The van der Waals surface area contributed by atoms with Crippen LogP contribution in [0, 0.1) is 13.8 Å². The predicted molar refractivity (Wildman–Crippen MR) is 78.8 cm³/mol. The number of carboxylic acid groups (broad SMARTS) is 1. The molecule has 0 aliphatic heterocycles. The van der Waals surface area contributed by atoms with Crippen LogP contribution in [0.5, 0.6) is 5.75 Å². The van der Waals surface area contributed by atoms with E-state index in [0.717, 1.165) is 22.3 Å². The monoisotopic (exact) mass is 284 g/mol. The lowest BCUT2D eigenvalue weighted by molar-refractivity contribution is -0.120. The molecule has 0 aliphatic carbocycles. The quantitative estimate of drug-likeness (QED) is 0.857. The van der Waals surface area contributed by atoms with E-state index >= 15 is 0 Å². The molecule has 2 aromatic carbocycles. The van der Waals surface area contributed by atoms with Crippen molar-refractivity contribution >= 4 is 12.4 Å². The van der Waals surface area contributed by atoms with Crippen LogP contribution in [-0.2, 0) is 11.2 Å². The number of hydrogen-bond donors (Lipinski definition) is 1. The lowest BCUT2D eigenvalue weighted by Gasteiger charge is -2.08. The van der Waals surface area contributed by atoms with Crippen molar-refractivity contribution in [3.63, 3.8) is 0 Å². The van der Waals surface area contributed by atoms with Crippen LogP contribution in [0.25, 0.3) is 0 Å². The van der Waals surface area contributed by atoms with Crippen LogP contribution in [0.15, 0.2) is 36.4 Å². The van der Waals surface area contributed by atoms with Gasteiger partial charge in [-0.1, -0.05) is 24.3 Å². The first-order chi connectivity index (χ1) is 10.0. The Morgan fingerprint density at radius 2 is 1.71 bits per heavy atom. The Labute approximate surface area is 123 Å². The number of carbonyl (C=O) groups is 2. The second-order valence-corrected chi connectivity index (χ2v) is 4.95. The fraction of sp³-hybridized carbons (Fsp3) is 0.176. The molecule has 1 N–H and O–H groups in total. The van der Waals surface area contributed by atoms with Crippen molar-refractivity contribution < 1.29 is 19.4 Å². The lowest BCUT2D eigenvalue weighted by atomic mass is 9.99. The lowest BCUT2D eigenvalue weighted by Crippen LogP contribution is -2.01. The first-order valence-corrected chi connectivity index (χ1v) is 6.54. The SMILES string of the molecule is Cc1ccc(Cc2ccc(C)c(C(=O)O)c2)cc1OC=O. The van der Waals surface area contributed by atoms with Gasteiger partial charge >= 0.3 is 5.97 Å². The first kappa shape index (κ1) is 14.8. The summed E-state index contributed by atoms with van der Waals surface area (Å²) in [5.74, 6) is -0.406. The van der Waals surface area contributed by atoms with E-state index in [0.29, 0.717) is 24.2 Å². The Morgan fingerprint density at radius 3 is 2.33 bits per heavy atom. The van der Waals surface area contributed by atoms with Crippen molar-refractivity contribution in [3.05, 3.63) is 64.2 Å². The van der Waals surface area contributed by atoms with Gasteiger partial charge in [0.05, 0.1) is 5.56 Å². The van der Waals surface area contributed by atoms with E-state index in [-0.39, 0.29) is 0 Å². The molecule has 0 unspecified atom stereocenters. The molecule has 0 atom stereocenters. The van der Waals surface area contributed by atoms with Gasteiger partial charge in [0.25, 0.3) is 6.47 Å². The second-order valence-electron chi connectivity index (χ2n) is 4.95. The molecule has 4 nitrogen and oxygen atoms in total. The summed E-state index contributed by atoms with van der Waals surface area (Å²) >= 11 is 0. The number of carbonyl (C=O) groups excluding carboxylic acids is 1. The van der Waals surface area contributed by atoms with Gasteiger partial charge in [0.2, 0.25) is 0 Å². The van der Waals surface area contributed by atoms with Crippen LogP contribution in [0.4, 0.5) is 0 Å². The van der Waals surface area contributed by atoms with Gasteiger partial charge < -0.3 is 9.84 Å². The van der Waals surface area contributed by atoms with E-state index in [4.69, 9.17) is 9.84 Å². The third-order valence-corrected chi connectivity index (χ3v) is 3.37. The minimum absolute atomic E-state index is 0.309. The molecule has 0 spiro atoms. The van der Waals surface area contributed by atoms with Crippen LogP contribution < -0.4 is 4.74 Å². The summed E-state index contributed by atoms with van der Waals surface area (Å²) in [4.78, 5) is 21.6. The highest BCUT2D eigenvalue weighted by molar-refractivity contribution is 5.89. The van der Waals surface area contributed by atoms with Gasteiger partial charge in [0, 0.05) is 0 Å². The molecule has 2 rings (SSSR count). The standard InChI is InChI=1S/C17H16O4/c1-11-3-5-13(8-15(11)17(19)20)7-14-6-4-12(2)16(9-14)21-10-18/h3-6,8-10H,7H2,1-2H3,(H,19,20). The molecule has 0 amide bonds. The third kappa shape index (κ3) is 3.48. The van der Waals surface area contributed by atoms with E-state index < -0.39 is 5.97 Å². The van der Waals surface area contributed by atoms with Gasteiger partial charge in [-0.05, 0) is 54.7 Å². The van der Waals surface area contributed by atoms with Gasteiger partial charge in [0.15, 0.2) is 0 Å². The van der Waals surface area contributed by atoms with Gasteiger partial charge in [-0.25, -0.2) is 4.79 Å². The Kier molecular flexibility index (Phi) is 4.38. The van der Waals surface area contributed by atoms with E-state index in [2.05, 4.69) is 0 Å². The Bertz CT molecular complexity index is 689. The number of ether oxygens (including phenoxy) is 1. The van der Waals surface area contributed by atoms with Crippen LogP contribution in [-0.4, -0.2) is 17.5 Å². The Morgan fingerprint density at radius 1 is 1.10 bits per heavy atom. The van der Waals surface area contributed by atoms with Crippen LogP contribution in [0.3, 0.4) is 0 Å². The van der Waals surface area contributed by atoms with Crippen molar-refractivity contribution in [1.29, 1.82) is 0 Å². The fourth-order valence-corrected chi connectivity index (χ4v) is 2.18. The van der Waals surface area contributed by atoms with E-state index in [9.17, 15) is 9.59 Å². The average Bonchev–Trinajstić information content (AvgIpc) is 2.44. The van der Waals surface area contributed by atoms with Gasteiger partial charge in [-0.3, -0.25) is 4.79 Å². The molecule has 0 saturated heterocycles. The maximum absolute atomic E-state index is 11.2. The largest absolute Gasteiger partial charge is 0.478 e. The average molecular weight is 284 g/mol. The molecular formula is C17H16O4. The van der Waals surface area contributed by atoms with E-state index in [1.807, 2.05) is 25.1 Å². The van der Waals surface area contributed by atoms with Gasteiger partial charge in [0.1, 0.15) is 5.75 Å². The van der Waals surface area contributed by atoms with Crippen molar-refractivity contribution in [2.75, 3.05) is 0 Å². The molecule has 0 saturated carbocycles. The fourth-order valence-electron chi connectivity index (χ4n) is 2.18. The summed E-state index contributed by atoms with van der Waals surface area (Å²) in [5, 5.41) is 9.15. The zero-order valence-electron chi connectivity index (χ0n) is 11.9. The molecule has 0 fully saturated rings. The smallest absolute Gasteiger partial charge is 0.335 e. The molecule has 0 heterocycles. The first-order valence-electron chi connectivity index (χ1n) is 6.54. The Balaban J connectivity index is 2.30. The highest BCUT2D eigenvalue weighted by atomic mass is 16.5. The van der Waals surface area contributed by atoms with Gasteiger partial charge in [-0.2, -0.15) is 0 Å². The summed E-state index contributed by atoms with van der Waals surface area (Å²) in [5.41, 5.74) is 3.78. The number of hydrogen-bond acceptors (Lipinski definition) is 3. The summed E-state index contributed by atoms with van der Waals surface area (Å²) in [6.45, 7) is 4.03. The molecular weight excluding hydrogens is 268 g/mol. The predicted octanol–water partition coefficient (Wildman–Crippen LogP) is 3.13. The molecule has 0 aromatic heterocycles. The molecule has 108 valence electrons. The summed E-state index contributed by atoms with van der Waals surface area (Å²) in [6, 6.07) is 11.0. The third-order valence-electron chi connectivity index (χ3n) is 3.37. The van der Waals surface area contributed by atoms with Crippen LogP contribution in [0.1, 0.15) is 32.6 Å². The zero-order valence-corrected chi connectivity index (χ0v) is 11.9. The highest BCUT2D eigenvalue weighted by Gasteiger charge is 2.09. The number of rotatable bonds is 5. The summed E-state index contributed by atoms with van der Waals surface area (Å²) < 4.78 is 4.92. The van der Waals surface area contributed by atoms with Gasteiger partial charge in [-0.15, -0.1) is 0 Å². The molecule has 0 bridgehead atoms. The Hall–Kier alpha value is -2.62. The van der Waals surface area contributed by atoms with E-state index in [1.54, 1.807) is 25.1 Å². The maximum atomic E-state index is 11.2. The second kappa shape index (κ2) is 6.22. The topological polar surface area (TPSA) is 63.6 Å². The number of carboxylic acids is 1. The molecule has 21 heavy (non-hydrogen) atoms. The van der Waals surface area contributed by atoms with Crippen molar-refractivity contribution in [2.45, 2.75) is 20.3 Å². The zero-order chi connectivity index (χ0) is 15.4. The normalized spacial score (nSPS) is 10.2. The van der Waals surface area contributed by atoms with Crippen molar-refractivity contribution in [1.82, 2.24) is 0 Å². The van der Waals surface area contributed by atoms with Crippen molar-refractivity contribution in [3.8, 4) is 5.75 Å². The maximum Gasteiger partial charge on any atom is 0.335 e. The number of aryl methyl sites for hydroxylation is 2. The summed E-state index contributed by atoms with van der Waals surface area (Å²) in [7, 11) is 0. The van der Waals surface area contributed by atoms with Crippen LogP contribution in [0.2, 0.25) is 0 Å². The van der Waals surface area contributed by atoms with Crippen molar-refractivity contribution in [2.24, 2.45) is 0 Å². The number of benzene rings is 2. The van der Waals surface area contributed by atoms with Crippen LogP contribution >= 0.6 is 0 Å². The number of aromatic carboxylic acids is 1. The highest BCUT2D eigenvalue weighted by Crippen LogP contribution is 2.22. The summed E-state index contributed by atoms with van der Waals surface area (Å²) in [6.07, 6.45) is 0.579. The minimum atomic E-state index is -0.928. The molecule has 0 radical (unpaired) electrons. The minimum Gasteiger partial charge on any atom is -0.478 e.